The second-order valence-electron chi connectivity index (χ2n) is 11.5. The van der Waals surface area contributed by atoms with Gasteiger partial charge in [-0.3, -0.25) is 9.80 Å². The van der Waals surface area contributed by atoms with Gasteiger partial charge in [-0.1, -0.05) is 18.2 Å². The molecule has 0 bridgehead atoms. The molecule has 3 N–H and O–H groups in total. The first kappa shape index (κ1) is 29.5. The van der Waals surface area contributed by atoms with Gasteiger partial charge in [0.05, 0.1) is 14.2 Å². The van der Waals surface area contributed by atoms with Gasteiger partial charge in [0.1, 0.15) is 18.2 Å². The van der Waals surface area contributed by atoms with Crippen LogP contribution < -0.4 is 18.9 Å². The van der Waals surface area contributed by atoms with E-state index in [0.717, 1.165) is 41.6 Å². The maximum atomic E-state index is 10.6. The van der Waals surface area contributed by atoms with Crippen LogP contribution in [0.15, 0.2) is 66.7 Å². The maximum Gasteiger partial charge on any atom is 0.169 e. The topological polar surface area (TPSA) is 104 Å². The monoisotopic (exact) mass is 598 g/mol. The number of phenolic OH excluding ortho intramolecular Hbond substituents is 3. The second kappa shape index (κ2) is 12.2. The van der Waals surface area contributed by atoms with Crippen LogP contribution in [0.1, 0.15) is 39.9 Å². The Bertz CT molecular complexity index is 1660. The van der Waals surface area contributed by atoms with E-state index in [1.165, 1.54) is 12.7 Å². The fourth-order valence-corrected chi connectivity index (χ4v) is 6.19. The molecule has 0 unspecified atom stereocenters. The summed E-state index contributed by atoms with van der Waals surface area (Å²) in [5.41, 5.74) is 5.32. The Morgan fingerprint density at radius 3 is 2.11 bits per heavy atom. The summed E-state index contributed by atoms with van der Waals surface area (Å²) in [5, 5.41) is 31.3. The molecule has 0 aliphatic carbocycles. The van der Waals surface area contributed by atoms with Crippen LogP contribution in [0.5, 0.6) is 46.0 Å². The minimum Gasteiger partial charge on any atom is -0.504 e. The molecule has 44 heavy (non-hydrogen) atoms. The van der Waals surface area contributed by atoms with E-state index in [1.54, 1.807) is 19.2 Å². The van der Waals surface area contributed by atoms with Crippen LogP contribution in [-0.2, 0) is 19.3 Å². The first-order chi connectivity index (χ1) is 21.2. The molecule has 0 radical (unpaired) electrons. The molecule has 2 heterocycles. The summed E-state index contributed by atoms with van der Waals surface area (Å²) in [6, 6.07) is 20.6. The molecular weight excluding hydrogens is 560 g/mol. The van der Waals surface area contributed by atoms with E-state index < -0.39 is 0 Å². The van der Waals surface area contributed by atoms with Crippen LogP contribution in [0, 0.1) is 0 Å². The van der Waals surface area contributed by atoms with Crippen LogP contribution >= 0.6 is 0 Å². The Morgan fingerprint density at radius 1 is 0.705 bits per heavy atom. The highest BCUT2D eigenvalue weighted by Crippen LogP contribution is 2.43. The summed E-state index contributed by atoms with van der Waals surface area (Å²) in [6.45, 7) is 1.31. The maximum absolute atomic E-state index is 10.6. The SMILES string of the molecule is COc1cc2c(cc1O)[C@H](Cc1ccc(O)c(Oc3ccc(C[C@H]4c5cc(OC)c(O)cc5OCN4C)cc3)c1)N(C)CC2. The van der Waals surface area contributed by atoms with Gasteiger partial charge in [-0.05, 0) is 98.1 Å². The molecule has 0 spiro atoms. The van der Waals surface area contributed by atoms with E-state index in [9.17, 15) is 15.3 Å². The van der Waals surface area contributed by atoms with Gasteiger partial charge in [-0.25, -0.2) is 0 Å². The molecule has 2 aliphatic rings. The number of likely N-dealkylation sites (N-methyl/N-ethyl adjacent to an activating group) is 2. The van der Waals surface area contributed by atoms with Crippen LogP contribution in [0.2, 0.25) is 0 Å². The van der Waals surface area contributed by atoms with Gasteiger partial charge in [0.2, 0.25) is 0 Å². The molecule has 9 heteroatoms. The van der Waals surface area contributed by atoms with Crippen LogP contribution in [0.25, 0.3) is 0 Å². The molecule has 0 aromatic heterocycles. The number of methoxy groups -OCH3 is 2. The number of benzene rings is 4. The van der Waals surface area contributed by atoms with E-state index in [4.69, 9.17) is 18.9 Å². The van der Waals surface area contributed by atoms with Crippen molar-refractivity contribution in [2.75, 3.05) is 41.6 Å². The van der Waals surface area contributed by atoms with Crippen molar-refractivity contribution < 1.29 is 34.3 Å². The Balaban J connectivity index is 1.18. The van der Waals surface area contributed by atoms with E-state index in [1.807, 2.05) is 61.6 Å². The van der Waals surface area contributed by atoms with Gasteiger partial charge < -0.3 is 34.3 Å². The molecule has 2 aliphatic heterocycles. The van der Waals surface area contributed by atoms with E-state index in [-0.39, 0.29) is 29.3 Å². The van der Waals surface area contributed by atoms with Gasteiger partial charge >= 0.3 is 0 Å². The quantitative estimate of drug-likeness (QED) is 0.227. The molecule has 0 saturated heterocycles. The Labute approximate surface area is 257 Å². The number of hydrogen-bond acceptors (Lipinski definition) is 9. The molecule has 0 fully saturated rings. The van der Waals surface area contributed by atoms with Gasteiger partial charge in [0, 0.05) is 30.3 Å². The highest BCUT2D eigenvalue weighted by Gasteiger charge is 2.29. The number of aromatic hydroxyl groups is 3. The molecule has 9 nitrogen and oxygen atoms in total. The van der Waals surface area contributed by atoms with Crippen molar-refractivity contribution in [3.63, 3.8) is 0 Å². The van der Waals surface area contributed by atoms with Crippen molar-refractivity contribution in [2.24, 2.45) is 0 Å². The zero-order chi connectivity index (χ0) is 31.0. The van der Waals surface area contributed by atoms with Crippen LogP contribution in [0.4, 0.5) is 0 Å². The first-order valence-corrected chi connectivity index (χ1v) is 14.7. The minimum atomic E-state index is 0.0341. The summed E-state index contributed by atoms with van der Waals surface area (Å²) in [7, 11) is 7.19. The van der Waals surface area contributed by atoms with Gasteiger partial charge in [0.15, 0.2) is 34.5 Å². The lowest BCUT2D eigenvalue weighted by atomic mass is 9.88. The zero-order valence-electron chi connectivity index (χ0n) is 25.4. The Kier molecular flexibility index (Phi) is 8.16. The van der Waals surface area contributed by atoms with E-state index in [2.05, 4.69) is 16.8 Å². The van der Waals surface area contributed by atoms with Gasteiger partial charge in [-0.2, -0.15) is 0 Å². The summed E-state index contributed by atoms with van der Waals surface area (Å²) in [6.07, 6.45) is 2.29. The van der Waals surface area contributed by atoms with Crippen molar-refractivity contribution >= 4 is 0 Å². The van der Waals surface area contributed by atoms with Gasteiger partial charge in [-0.15, -0.1) is 0 Å². The third kappa shape index (κ3) is 5.80. The Hall–Kier alpha value is -4.60. The van der Waals surface area contributed by atoms with Crippen LogP contribution in [-0.4, -0.2) is 66.7 Å². The summed E-state index contributed by atoms with van der Waals surface area (Å²) >= 11 is 0. The number of rotatable bonds is 8. The highest BCUT2D eigenvalue weighted by atomic mass is 16.5. The minimum absolute atomic E-state index is 0.0341. The molecule has 4 aromatic carbocycles. The van der Waals surface area contributed by atoms with Crippen molar-refractivity contribution in [2.45, 2.75) is 31.3 Å². The van der Waals surface area contributed by atoms with E-state index in [0.29, 0.717) is 41.9 Å². The second-order valence-corrected chi connectivity index (χ2v) is 11.5. The molecule has 230 valence electrons. The van der Waals surface area contributed by atoms with E-state index >= 15 is 0 Å². The molecule has 0 amide bonds. The van der Waals surface area contributed by atoms with Crippen molar-refractivity contribution in [3.05, 3.63) is 94.5 Å². The standard InChI is InChI=1S/C35H38N2O7/c1-36-12-11-23-16-33(41-3)30(39)17-25(23)27(36)14-22-7-10-29(38)35(15-22)44-24-8-5-21(6-9-24)13-28-26-18-34(42-4)31(40)19-32(26)43-20-37(28)2/h5-10,15-19,27-28,38-40H,11-14,20H2,1-4H3/t27-,28-/m0/s1. The Morgan fingerprint density at radius 2 is 1.36 bits per heavy atom. The number of phenols is 3. The average Bonchev–Trinajstić information content (AvgIpc) is 3.02. The highest BCUT2D eigenvalue weighted by molar-refractivity contribution is 5.53. The third-order valence-corrected chi connectivity index (χ3v) is 8.73. The largest absolute Gasteiger partial charge is 0.504 e. The first-order valence-electron chi connectivity index (χ1n) is 14.7. The average molecular weight is 599 g/mol. The van der Waals surface area contributed by atoms with Crippen molar-refractivity contribution in [3.8, 4) is 46.0 Å². The predicted octanol–water partition coefficient (Wildman–Crippen LogP) is 5.95. The molecule has 4 aromatic rings. The molecule has 0 saturated carbocycles. The number of ether oxygens (including phenoxy) is 4. The fraction of sp³-hybridized carbons (Fsp3) is 0.314. The summed E-state index contributed by atoms with van der Waals surface area (Å²) < 4.78 is 22.6. The number of hydrogen-bond donors (Lipinski definition) is 3. The lowest BCUT2D eigenvalue weighted by molar-refractivity contribution is 0.0819. The summed E-state index contributed by atoms with van der Waals surface area (Å²) in [4.78, 5) is 4.40. The number of fused-ring (bicyclic) bond motifs is 2. The summed E-state index contributed by atoms with van der Waals surface area (Å²) in [5.74, 6) is 2.81. The van der Waals surface area contributed by atoms with Crippen molar-refractivity contribution in [1.82, 2.24) is 9.80 Å². The predicted molar refractivity (Wildman–Crippen MR) is 166 cm³/mol. The molecular formula is C35H38N2O7. The molecule has 2 atom stereocenters. The lowest BCUT2D eigenvalue weighted by Gasteiger charge is -2.35. The van der Waals surface area contributed by atoms with Crippen LogP contribution in [0.3, 0.4) is 0 Å². The lowest BCUT2D eigenvalue weighted by Crippen LogP contribution is -2.34. The normalized spacial score (nSPS) is 18.2. The van der Waals surface area contributed by atoms with Gasteiger partial charge in [0.25, 0.3) is 0 Å². The molecule has 6 rings (SSSR count). The zero-order valence-corrected chi connectivity index (χ0v) is 25.4. The fourth-order valence-electron chi connectivity index (χ4n) is 6.19. The third-order valence-electron chi connectivity index (χ3n) is 8.73. The van der Waals surface area contributed by atoms with Crippen molar-refractivity contribution in [1.29, 1.82) is 0 Å². The smallest absolute Gasteiger partial charge is 0.169 e. The number of nitrogens with zero attached hydrogens (tertiary/aromatic N) is 2.